The van der Waals surface area contributed by atoms with Crippen molar-refractivity contribution in [3.05, 3.63) is 58.4 Å². The minimum Gasteiger partial charge on any atom is -0.352 e. The first kappa shape index (κ1) is 17.9. The second-order valence-corrected chi connectivity index (χ2v) is 8.23. The molecule has 0 spiro atoms. The molecule has 2 heterocycles. The van der Waals surface area contributed by atoms with Crippen molar-refractivity contribution in [2.75, 3.05) is 5.32 Å². The Morgan fingerprint density at radius 2 is 1.93 bits per heavy atom. The first-order valence-corrected chi connectivity index (χ1v) is 10.3. The fourth-order valence-corrected chi connectivity index (χ4v) is 4.45. The molecule has 0 saturated heterocycles. The van der Waals surface area contributed by atoms with Gasteiger partial charge in [0.1, 0.15) is 0 Å². The van der Waals surface area contributed by atoms with Crippen LogP contribution < -0.4 is 10.6 Å². The fourth-order valence-electron chi connectivity index (χ4n) is 2.53. The number of carbonyl (C=O) groups is 1. The summed E-state index contributed by atoms with van der Waals surface area (Å²) in [5, 5.41) is 10.4. The van der Waals surface area contributed by atoms with E-state index < -0.39 is 0 Å². The molecule has 2 N–H and O–H groups in total. The van der Waals surface area contributed by atoms with Gasteiger partial charge in [-0.3, -0.25) is 4.79 Å². The van der Waals surface area contributed by atoms with E-state index in [4.69, 9.17) is 11.6 Å². The van der Waals surface area contributed by atoms with Crippen LogP contribution in [-0.4, -0.2) is 15.9 Å². The summed E-state index contributed by atoms with van der Waals surface area (Å²) < 4.78 is 1.04. The molecule has 0 aliphatic rings. The Morgan fingerprint density at radius 1 is 1.11 bits per heavy atom. The van der Waals surface area contributed by atoms with Crippen LogP contribution in [0.2, 0.25) is 5.02 Å². The number of halogens is 1. The third-order valence-corrected chi connectivity index (χ3v) is 5.79. The van der Waals surface area contributed by atoms with E-state index in [1.165, 1.54) is 18.3 Å². The van der Waals surface area contributed by atoms with Crippen LogP contribution in [0.25, 0.3) is 21.5 Å². The topological polar surface area (TPSA) is 66.9 Å². The van der Waals surface area contributed by atoms with E-state index in [0.717, 1.165) is 37.3 Å². The largest absolute Gasteiger partial charge is 0.352 e. The molecule has 0 radical (unpaired) electrons. The molecule has 0 atom stereocenters. The molecule has 8 heteroatoms. The normalized spacial score (nSPS) is 10.9. The lowest BCUT2D eigenvalue weighted by Crippen LogP contribution is -2.18. The fraction of sp³-hybridized carbons (Fsp3) is 0.105. The Balaban J connectivity index is 1.48. The standard InChI is InChI=1S/C19H15ClN4OS2/c1-11(25)21-9-12-2-4-13(5-3-12)16-10-26-18(23-16)24-19-22-15-7-6-14(20)8-17(15)27-19/h2-8,10H,9H2,1H3,(H,21,25)(H,22,23,24). The highest BCUT2D eigenvalue weighted by atomic mass is 35.5. The molecule has 4 aromatic rings. The SMILES string of the molecule is CC(=O)NCc1ccc(-c2csc(Nc3nc4ccc(Cl)cc4s3)n2)cc1. The van der Waals surface area contributed by atoms with Crippen molar-refractivity contribution in [3.8, 4) is 11.3 Å². The summed E-state index contributed by atoms with van der Waals surface area (Å²) in [6.07, 6.45) is 0. The summed E-state index contributed by atoms with van der Waals surface area (Å²) in [6.45, 7) is 2.04. The van der Waals surface area contributed by atoms with Gasteiger partial charge in [-0.25, -0.2) is 9.97 Å². The van der Waals surface area contributed by atoms with E-state index in [-0.39, 0.29) is 5.91 Å². The Hall–Kier alpha value is -2.48. The maximum atomic E-state index is 11.0. The predicted octanol–water partition coefficient (Wildman–Crippen LogP) is 5.45. The molecular formula is C19H15ClN4OS2. The monoisotopic (exact) mass is 414 g/mol. The summed E-state index contributed by atoms with van der Waals surface area (Å²) in [4.78, 5) is 20.2. The van der Waals surface area contributed by atoms with Gasteiger partial charge in [0, 0.05) is 29.4 Å². The van der Waals surface area contributed by atoms with Crippen LogP contribution in [0.3, 0.4) is 0 Å². The van der Waals surface area contributed by atoms with Gasteiger partial charge in [0.15, 0.2) is 10.3 Å². The number of hydrogen-bond acceptors (Lipinski definition) is 6. The molecule has 0 fully saturated rings. The highest BCUT2D eigenvalue weighted by molar-refractivity contribution is 7.22. The minimum atomic E-state index is -0.0357. The maximum absolute atomic E-state index is 11.0. The van der Waals surface area contributed by atoms with Crippen molar-refractivity contribution in [1.29, 1.82) is 0 Å². The summed E-state index contributed by atoms with van der Waals surface area (Å²) in [6, 6.07) is 13.7. The number of hydrogen-bond donors (Lipinski definition) is 2. The van der Waals surface area contributed by atoms with E-state index in [1.807, 2.05) is 47.8 Å². The van der Waals surface area contributed by atoms with E-state index in [0.29, 0.717) is 11.6 Å². The second kappa shape index (κ2) is 7.64. The lowest BCUT2D eigenvalue weighted by molar-refractivity contribution is -0.119. The van der Waals surface area contributed by atoms with Gasteiger partial charge in [-0.05, 0) is 23.8 Å². The van der Waals surface area contributed by atoms with E-state index in [9.17, 15) is 4.79 Å². The number of amides is 1. The number of anilines is 2. The van der Waals surface area contributed by atoms with Crippen molar-refractivity contribution in [2.45, 2.75) is 13.5 Å². The Bertz CT molecular complexity index is 1100. The predicted molar refractivity (Wildman–Crippen MR) is 113 cm³/mol. The molecule has 4 rings (SSSR count). The molecular weight excluding hydrogens is 400 g/mol. The molecule has 5 nitrogen and oxygen atoms in total. The number of nitrogens with zero attached hydrogens (tertiary/aromatic N) is 2. The van der Waals surface area contributed by atoms with Crippen molar-refractivity contribution >= 4 is 60.7 Å². The van der Waals surface area contributed by atoms with Crippen LogP contribution in [0.1, 0.15) is 12.5 Å². The lowest BCUT2D eigenvalue weighted by Gasteiger charge is -2.03. The van der Waals surface area contributed by atoms with Crippen LogP contribution in [0.4, 0.5) is 10.3 Å². The number of rotatable bonds is 5. The van der Waals surface area contributed by atoms with Gasteiger partial charge in [0.05, 0.1) is 15.9 Å². The average Bonchev–Trinajstić information content (AvgIpc) is 3.27. The van der Waals surface area contributed by atoms with E-state index in [2.05, 4.69) is 20.6 Å². The van der Waals surface area contributed by atoms with Crippen LogP contribution in [0.5, 0.6) is 0 Å². The van der Waals surface area contributed by atoms with Crippen molar-refractivity contribution < 1.29 is 4.79 Å². The van der Waals surface area contributed by atoms with Crippen LogP contribution >= 0.6 is 34.3 Å². The number of thiazole rings is 2. The summed E-state index contributed by atoms with van der Waals surface area (Å²) in [7, 11) is 0. The van der Waals surface area contributed by atoms with E-state index in [1.54, 1.807) is 11.3 Å². The lowest BCUT2D eigenvalue weighted by atomic mass is 10.1. The minimum absolute atomic E-state index is 0.0357. The Kier molecular flexibility index (Phi) is 5.07. The number of nitrogens with one attached hydrogen (secondary N) is 2. The average molecular weight is 415 g/mol. The quantitative estimate of drug-likeness (QED) is 0.455. The molecule has 1 amide bonds. The van der Waals surface area contributed by atoms with Gasteiger partial charge in [-0.15, -0.1) is 11.3 Å². The first-order valence-electron chi connectivity index (χ1n) is 8.19. The molecule has 0 unspecified atom stereocenters. The maximum Gasteiger partial charge on any atom is 0.217 e. The molecule has 2 aromatic heterocycles. The van der Waals surface area contributed by atoms with Gasteiger partial charge in [0.25, 0.3) is 0 Å². The third-order valence-electron chi connectivity index (χ3n) is 3.86. The van der Waals surface area contributed by atoms with Gasteiger partial charge >= 0.3 is 0 Å². The molecule has 0 aliphatic carbocycles. The van der Waals surface area contributed by atoms with Gasteiger partial charge < -0.3 is 10.6 Å². The van der Waals surface area contributed by atoms with Crippen molar-refractivity contribution in [2.24, 2.45) is 0 Å². The van der Waals surface area contributed by atoms with Gasteiger partial charge in [-0.2, -0.15) is 0 Å². The number of fused-ring (bicyclic) bond motifs is 1. The molecule has 0 saturated carbocycles. The van der Waals surface area contributed by atoms with Crippen LogP contribution in [-0.2, 0) is 11.3 Å². The highest BCUT2D eigenvalue weighted by Crippen LogP contribution is 2.32. The Labute approximate surface area is 169 Å². The Morgan fingerprint density at radius 3 is 2.70 bits per heavy atom. The molecule has 0 bridgehead atoms. The highest BCUT2D eigenvalue weighted by Gasteiger charge is 2.09. The van der Waals surface area contributed by atoms with Gasteiger partial charge in [0.2, 0.25) is 5.91 Å². The molecule has 2 aromatic carbocycles. The number of aromatic nitrogens is 2. The zero-order valence-corrected chi connectivity index (χ0v) is 16.7. The summed E-state index contributed by atoms with van der Waals surface area (Å²) in [5.74, 6) is -0.0357. The van der Waals surface area contributed by atoms with Gasteiger partial charge in [-0.1, -0.05) is 47.2 Å². The van der Waals surface area contributed by atoms with Crippen LogP contribution in [0.15, 0.2) is 47.8 Å². The van der Waals surface area contributed by atoms with Crippen molar-refractivity contribution in [1.82, 2.24) is 15.3 Å². The van der Waals surface area contributed by atoms with Crippen molar-refractivity contribution in [3.63, 3.8) is 0 Å². The number of benzene rings is 2. The number of carbonyl (C=O) groups excluding carboxylic acids is 1. The first-order chi connectivity index (χ1) is 13.1. The summed E-state index contributed by atoms with van der Waals surface area (Å²) in [5.41, 5.74) is 3.90. The smallest absolute Gasteiger partial charge is 0.217 e. The second-order valence-electron chi connectivity index (χ2n) is 5.90. The van der Waals surface area contributed by atoms with E-state index >= 15 is 0 Å². The summed E-state index contributed by atoms with van der Waals surface area (Å²) >= 11 is 9.11. The molecule has 136 valence electrons. The third kappa shape index (κ3) is 4.27. The zero-order valence-electron chi connectivity index (χ0n) is 14.3. The molecule has 27 heavy (non-hydrogen) atoms. The van der Waals surface area contributed by atoms with Crippen LogP contribution in [0, 0.1) is 0 Å². The molecule has 0 aliphatic heterocycles. The zero-order chi connectivity index (χ0) is 18.8.